The van der Waals surface area contributed by atoms with Gasteiger partial charge in [0.1, 0.15) is 18.0 Å². The molecule has 0 aliphatic rings. The van der Waals surface area contributed by atoms with Gasteiger partial charge in [-0.3, -0.25) is 4.79 Å². The zero-order valence-corrected chi connectivity index (χ0v) is 18.9. The topological polar surface area (TPSA) is 56.6 Å². The number of rotatable bonds is 9. The van der Waals surface area contributed by atoms with Crippen LogP contribution in [0.4, 0.5) is 5.69 Å². The zero-order valence-electron chi connectivity index (χ0n) is 18.1. The van der Waals surface area contributed by atoms with E-state index in [4.69, 9.17) is 14.5 Å². The summed E-state index contributed by atoms with van der Waals surface area (Å²) >= 11 is 1.58. The smallest absolute Gasteiger partial charge is 0.246 e. The highest BCUT2D eigenvalue weighted by Crippen LogP contribution is 2.25. The van der Waals surface area contributed by atoms with Crippen molar-refractivity contribution in [3.63, 3.8) is 0 Å². The zero-order chi connectivity index (χ0) is 22.3. The number of hydrogen-bond acceptors (Lipinski definition) is 5. The second kappa shape index (κ2) is 10.2. The third-order valence-corrected chi connectivity index (χ3v) is 6.01. The molecule has 0 saturated carbocycles. The third kappa shape index (κ3) is 5.06. The lowest BCUT2D eigenvalue weighted by Gasteiger charge is -2.18. The van der Waals surface area contributed by atoms with Crippen molar-refractivity contribution >= 4 is 34.4 Å². The molecule has 0 unspecified atom stereocenters. The minimum absolute atomic E-state index is 0.00399. The SMILES string of the molecule is COc1ccc(OCCSc2nc3ccccc3n2CC(=O)N(C)c2ccccc2)cc1. The molecule has 4 aromatic rings. The number of carbonyl (C=O) groups is 1. The molecule has 1 heterocycles. The Morgan fingerprint density at radius 3 is 2.41 bits per heavy atom. The predicted molar refractivity (Wildman–Crippen MR) is 129 cm³/mol. The van der Waals surface area contributed by atoms with E-state index in [2.05, 4.69) is 0 Å². The van der Waals surface area contributed by atoms with Gasteiger partial charge in [0.05, 0.1) is 24.8 Å². The Morgan fingerprint density at radius 2 is 1.66 bits per heavy atom. The Morgan fingerprint density at radius 1 is 0.969 bits per heavy atom. The maximum Gasteiger partial charge on any atom is 0.246 e. The molecule has 0 N–H and O–H groups in total. The molecule has 0 radical (unpaired) electrons. The fourth-order valence-electron chi connectivity index (χ4n) is 3.32. The number of likely N-dealkylation sites (N-methyl/N-ethyl adjacent to an activating group) is 1. The number of amides is 1. The van der Waals surface area contributed by atoms with Crippen LogP contribution in [0.3, 0.4) is 0 Å². The Bertz CT molecular complexity index is 1180. The molecule has 7 heteroatoms. The van der Waals surface area contributed by atoms with Crippen molar-refractivity contribution in [2.75, 3.05) is 31.4 Å². The Balaban J connectivity index is 1.44. The molecular weight excluding hydrogens is 422 g/mol. The summed E-state index contributed by atoms with van der Waals surface area (Å²) in [6.07, 6.45) is 0. The molecule has 3 aromatic carbocycles. The van der Waals surface area contributed by atoms with Gasteiger partial charge in [-0.1, -0.05) is 42.1 Å². The molecule has 0 saturated heterocycles. The van der Waals surface area contributed by atoms with E-state index in [0.29, 0.717) is 12.4 Å². The number of imidazole rings is 1. The number of para-hydroxylation sites is 3. The van der Waals surface area contributed by atoms with Gasteiger partial charge >= 0.3 is 0 Å². The number of methoxy groups -OCH3 is 1. The number of aromatic nitrogens is 2. The number of carbonyl (C=O) groups excluding carboxylic acids is 1. The summed E-state index contributed by atoms with van der Waals surface area (Å²) < 4.78 is 13.0. The van der Waals surface area contributed by atoms with Crippen LogP contribution in [0.1, 0.15) is 0 Å². The molecule has 32 heavy (non-hydrogen) atoms. The second-order valence-electron chi connectivity index (χ2n) is 7.13. The summed E-state index contributed by atoms with van der Waals surface area (Å²) in [4.78, 5) is 19.4. The van der Waals surface area contributed by atoms with Gasteiger partial charge in [0, 0.05) is 18.5 Å². The maximum absolute atomic E-state index is 13.0. The molecule has 0 aliphatic heterocycles. The molecular formula is C25H25N3O3S. The molecule has 1 amide bonds. The monoisotopic (exact) mass is 447 g/mol. The Hall–Kier alpha value is -3.45. The molecule has 6 nitrogen and oxygen atoms in total. The van der Waals surface area contributed by atoms with Gasteiger partial charge in [-0.25, -0.2) is 4.98 Å². The van der Waals surface area contributed by atoms with Crippen molar-refractivity contribution in [2.45, 2.75) is 11.7 Å². The minimum Gasteiger partial charge on any atom is -0.497 e. The molecule has 1 aromatic heterocycles. The highest BCUT2D eigenvalue weighted by Gasteiger charge is 2.17. The molecule has 0 bridgehead atoms. The van der Waals surface area contributed by atoms with Gasteiger partial charge < -0.3 is 18.9 Å². The number of thioether (sulfide) groups is 1. The lowest BCUT2D eigenvalue weighted by atomic mass is 10.3. The summed E-state index contributed by atoms with van der Waals surface area (Å²) in [6, 6.07) is 25.0. The average molecular weight is 448 g/mol. The van der Waals surface area contributed by atoms with Crippen LogP contribution >= 0.6 is 11.8 Å². The van der Waals surface area contributed by atoms with Crippen molar-refractivity contribution in [3.8, 4) is 11.5 Å². The van der Waals surface area contributed by atoms with E-state index in [9.17, 15) is 4.79 Å². The average Bonchev–Trinajstić information content (AvgIpc) is 3.19. The first-order valence-electron chi connectivity index (χ1n) is 10.3. The van der Waals surface area contributed by atoms with Crippen LogP contribution in [0, 0.1) is 0 Å². The van der Waals surface area contributed by atoms with E-state index in [1.807, 2.05) is 83.4 Å². The second-order valence-corrected chi connectivity index (χ2v) is 8.19. The summed E-state index contributed by atoms with van der Waals surface area (Å²) in [5, 5.41) is 0.805. The molecule has 0 spiro atoms. The molecule has 4 rings (SSSR count). The van der Waals surface area contributed by atoms with Crippen molar-refractivity contribution in [1.29, 1.82) is 0 Å². The summed E-state index contributed by atoms with van der Waals surface area (Å²) in [7, 11) is 3.44. The fourth-order valence-corrected chi connectivity index (χ4v) is 4.15. The number of nitrogens with zero attached hydrogens (tertiary/aromatic N) is 3. The first-order valence-corrected chi connectivity index (χ1v) is 11.3. The van der Waals surface area contributed by atoms with Crippen LogP contribution < -0.4 is 14.4 Å². The van der Waals surface area contributed by atoms with E-state index < -0.39 is 0 Å². The van der Waals surface area contributed by atoms with Gasteiger partial charge in [-0.05, 0) is 48.5 Å². The lowest BCUT2D eigenvalue weighted by Crippen LogP contribution is -2.30. The van der Waals surface area contributed by atoms with Gasteiger partial charge in [-0.15, -0.1) is 0 Å². The van der Waals surface area contributed by atoms with E-state index in [1.54, 1.807) is 30.8 Å². The van der Waals surface area contributed by atoms with E-state index in [-0.39, 0.29) is 12.5 Å². The van der Waals surface area contributed by atoms with Gasteiger partial charge in [0.15, 0.2) is 5.16 Å². The quantitative estimate of drug-likeness (QED) is 0.270. The highest BCUT2D eigenvalue weighted by molar-refractivity contribution is 7.99. The first kappa shape index (κ1) is 21.8. The van der Waals surface area contributed by atoms with E-state index >= 15 is 0 Å². The predicted octanol–water partition coefficient (Wildman–Crippen LogP) is 4.88. The molecule has 0 atom stereocenters. The number of ether oxygens (including phenoxy) is 2. The largest absolute Gasteiger partial charge is 0.497 e. The number of anilines is 1. The van der Waals surface area contributed by atoms with Crippen LogP contribution in [-0.2, 0) is 11.3 Å². The minimum atomic E-state index is -0.00399. The Labute approximate surface area is 191 Å². The van der Waals surface area contributed by atoms with Crippen LogP contribution in [0.5, 0.6) is 11.5 Å². The molecule has 164 valence electrons. The van der Waals surface area contributed by atoms with Crippen LogP contribution in [0.2, 0.25) is 0 Å². The van der Waals surface area contributed by atoms with Gasteiger partial charge in [0.25, 0.3) is 0 Å². The molecule has 0 aliphatic carbocycles. The standard InChI is InChI=1S/C25H25N3O3S/c1-27(19-8-4-3-5-9-19)24(29)18-28-23-11-7-6-10-22(23)26-25(28)32-17-16-31-21-14-12-20(30-2)13-15-21/h3-15H,16-18H2,1-2H3. The van der Waals surface area contributed by atoms with Crippen molar-refractivity contribution < 1.29 is 14.3 Å². The lowest BCUT2D eigenvalue weighted by molar-refractivity contribution is -0.118. The third-order valence-electron chi connectivity index (χ3n) is 5.07. The fraction of sp³-hybridized carbons (Fsp3) is 0.200. The summed E-state index contributed by atoms with van der Waals surface area (Å²) in [6.45, 7) is 0.742. The summed E-state index contributed by atoms with van der Waals surface area (Å²) in [5.41, 5.74) is 2.69. The van der Waals surface area contributed by atoms with Crippen molar-refractivity contribution in [2.24, 2.45) is 0 Å². The van der Waals surface area contributed by atoms with E-state index in [0.717, 1.165) is 33.4 Å². The van der Waals surface area contributed by atoms with Gasteiger partial charge in [0.2, 0.25) is 5.91 Å². The Kier molecular flexibility index (Phi) is 6.97. The van der Waals surface area contributed by atoms with Crippen LogP contribution in [0.25, 0.3) is 11.0 Å². The maximum atomic E-state index is 13.0. The number of hydrogen-bond donors (Lipinski definition) is 0. The van der Waals surface area contributed by atoms with E-state index in [1.165, 1.54) is 0 Å². The van der Waals surface area contributed by atoms with Crippen molar-refractivity contribution in [3.05, 3.63) is 78.9 Å². The van der Waals surface area contributed by atoms with Gasteiger partial charge in [-0.2, -0.15) is 0 Å². The first-order chi connectivity index (χ1) is 15.7. The van der Waals surface area contributed by atoms with Crippen LogP contribution in [-0.4, -0.2) is 42.0 Å². The van der Waals surface area contributed by atoms with Crippen LogP contribution in [0.15, 0.2) is 84.0 Å². The number of benzene rings is 3. The van der Waals surface area contributed by atoms with Crippen molar-refractivity contribution in [1.82, 2.24) is 9.55 Å². The normalized spacial score (nSPS) is 10.8. The summed E-state index contributed by atoms with van der Waals surface area (Å²) in [5.74, 6) is 2.29. The number of fused-ring (bicyclic) bond motifs is 1. The molecule has 0 fully saturated rings. The highest BCUT2D eigenvalue weighted by atomic mass is 32.2.